The number of nitrogens with zero attached hydrogens (tertiary/aromatic N) is 1. The van der Waals surface area contributed by atoms with Gasteiger partial charge in [-0.15, -0.1) is 0 Å². The summed E-state index contributed by atoms with van der Waals surface area (Å²) in [6.07, 6.45) is 1.47. The van der Waals surface area contributed by atoms with E-state index >= 15 is 0 Å². The fourth-order valence-corrected chi connectivity index (χ4v) is 4.87. The van der Waals surface area contributed by atoms with Gasteiger partial charge >= 0.3 is 0 Å². The number of rotatable bonds is 10. The standard InChI is InChI=1S/C33H37NO5/c1-21(2)16-18-39-27-14-13-25(20-28(27)38-5)30-29(31(35)26-19-22(3)11-12-23(26)4)32(36)33(37)34(30)17-15-24-9-7-6-8-10-24/h6-14,19-21,30,35H,15-18H2,1-5H3. The minimum atomic E-state index is -0.771. The van der Waals surface area contributed by atoms with Crippen molar-refractivity contribution >= 4 is 17.4 Å². The molecule has 1 heterocycles. The van der Waals surface area contributed by atoms with E-state index in [0.717, 1.165) is 23.1 Å². The second kappa shape index (κ2) is 12.2. The first-order valence-corrected chi connectivity index (χ1v) is 13.4. The maximum atomic E-state index is 13.5. The van der Waals surface area contributed by atoms with E-state index in [1.54, 1.807) is 18.1 Å². The highest BCUT2D eigenvalue weighted by atomic mass is 16.5. The third-order valence-electron chi connectivity index (χ3n) is 7.13. The zero-order valence-corrected chi connectivity index (χ0v) is 23.4. The van der Waals surface area contributed by atoms with E-state index in [2.05, 4.69) is 13.8 Å². The van der Waals surface area contributed by atoms with Crippen LogP contribution in [0.1, 0.15) is 54.1 Å². The largest absolute Gasteiger partial charge is 0.507 e. The van der Waals surface area contributed by atoms with E-state index in [1.807, 2.05) is 74.5 Å². The lowest BCUT2D eigenvalue weighted by Gasteiger charge is -2.26. The molecule has 1 unspecified atom stereocenters. The van der Waals surface area contributed by atoms with Gasteiger partial charge in [0, 0.05) is 12.1 Å². The van der Waals surface area contributed by atoms with Crippen molar-refractivity contribution < 1.29 is 24.2 Å². The van der Waals surface area contributed by atoms with Gasteiger partial charge in [0.1, 0.15) is 5.76 Å². The number of Topliss-reactive ketones (excluding diaryl/α,β-unsaturated/α-hetero) is 1. The van der Waals surface area contributed by atoms with Crippen molar-refractivity contribution in [3.63, 3.8) is 0 Å². The van der Waals surface area contributed by atoms with Gasteiger partial charge in [-0.1, -0.05) is 67.9 Å². The normalized spacial score (nSPS) is 16.7. The third-order valence-corrected chi connectivity index (χ3v) is 7.13. The van der Waals surface area contributed by atoms with Crippen LogP contribution in [0.3, 0.4) is 0 Å². The summed E-state index contributed by atoms with van der Waals surface area (Å²) in [4.78, 5) is 28.4. The number of ketones is 1. The van der Waals surface area contributed by atoms with Crippen molar-refractivity contribution in [1.82, 2.24) is 4.90 Å². The molecule has 39 heavy (non-hydrogen) atoms. The Kier molecular flexibility index (Phi) is 8.75. The number of amides is 1. The Morgan fingerprint density at radius 3 is 2.41 bits per heavy atom. The predicted octanol–water partition coefficient (Wildman–Crippen LogP) is 6.40. The highest BCUT2D eigenvalue weighted by Crippen LogP contribution is 2.42. The molecule has 0 bridgehead atoms. The molecule has 6 heteroatoms. The summed E-state index contributed by atoms with van der Waals surface area (Å²) in [5.74, 6) is 0.124. The first-order chi connectivity index (χ1) is 18.7. The molecule has 0 aliphatic carbocycles. The van der Waals surface area contributed by atoms with Crippen LogP contribution in [0.25, 0.3) is 5.76 Å². The van der Waals surface area contributed by atoms with Crippen LogP contribution in [0.5, 0.6) is 11.5 Å². The maximum Gasteiger partial charge on any atom is 0.295 e. The molecule has 1 saturated heterocycles. The fraction of sp³-hybridized carbons (Fsp3) is 0.333. The summed E-state index contributed by atoms with van der Waals surface area (Å²) in [6.45, 7) is 8.94. The quantitative estimate of drug-likeness (QED) is 0.188. The number of likely N-dealkylation sites (tertiary alicyclic amines) is 1. The molecular weight excluding hydrogens is 490 g/mol. The van der Waals surface area contributed by atoms with Gasteiger partial charge in [-0.2, -0.15) is 0 Å². The molecule has 1 atom stereocenters. The molecule has 1 N–H and O–H groups in total. The Morgan fingerprint density at radius 2 is 1.72 bits per heavy atom. The fourth-order valence-electron chi connectivity index (χ4n) is 4.87. The molecular formula is C33H37NO5. The van der Waals surface area contributed by atoms with Crippen molar-refractivity contribution in [3.8, 4) is 11.5 Å². The lowest BCUT2D eigenvalue weighted by atomic mass is 9.93. The number of ether oxygens (including phenoxy) is 2. The maximum absolute atomic E-state index is 13.5. The summed E-state index contributed by atoms with van der Waals surface area (Å²) in [6, 6.07) is 20.2. The number of carbonyl (C=O) groups is 2. The number of aliphatic hydroxyl groups excluding tert-OH is 1. The molecule has 0 spiro atoms. The monoisotopic (exact) mass is 527 g/mol. The van der Waals surface area contributed by atoms with Gasteiger partial charge in [0.15, 0.2) is 11.5 Å². The molecule has 6 nitrogen and oxygen atoms in total. The molecule has 0 radical (unpaired) electrons. The van der Waals surface area contributed by atoms with Gasteiger partial charge in [0.2, 0.25) is 0 Å². The number of benzene rings is 3. The molecule has 1 aliphatic heterocycles. The molecule has 0 saturated carbocycles. The molecule has 1 amide bonds. The van der Waals surface area contributed by atoms with Gasteiger partial charge < -0.3 is 19.5 Å². The van der Waals surface area contributed by atoms with Crippen LogP contribution in [-0.2, 0) is 16.0 Å². The summed E-state index contributed by atoms with van der Waals surface area (Å²) in [5.41, 5.74) is 4.11. The Labute approximate surface area is 230 Å². The van der Waals surface area contributed by atoms with Crippen LogP contribution in [0, 0.1) is 19.8 Å². The van der Waals surface area contributed by atoms with E-state index in [4.69, 9.17) is 9.47 Å². The first kappa shape index (κ1) is 28.0. The van der Waals surface area contributed by atoms with Crippen LogP contribution in [-0.4, -0.2) is 42.0 Å². The molecule has 3 aromatic carbocycles. The Bertz CT molecular complexity index is 1380. The smallest absolute Gasteiger partial charge is 0.295 e. The highest BCUT2D eigenvalue weighted by Gasteiger charge is 2.46. The van der Waals surface area contributed by atoms with Crippen molar-refractivity contribution in [2.45, 2.75) is 46.6 Å². The zero-order valence-electron chi connectivity index (χ0n) is 23.4. The molecule has 4 rings (SSSR count). The second-order valence-corrected chi connectivity index (χ2v) is 10.5. The van der Waals surface area contributed by atoms with Crippen molar-refractivity contribution in [2.75, 3.05) is 20.3 Å². The van der Waals surface area contributed by atoms with Crippen LogP contribution < -0.4 is 9.47 Å². The van der Waals surface area contributed by atoms with Crippen molar-refractivity contribution in [3.05, 3.63) is 100 Å². The van der Waals surface area contributed by atoms with Crippen LogP contribution in [0.2, 0.25) is 0 Å². The SMILES string of the molecule is COc1cc(C2C(=C(O)c3cc(C)ccc3C)C(=O)C(=O)N2CCc2ccccc2)ccc1OCCC(C)C. The number of hydrogen-bond acceptors (Lipinski definition) is 5. The zero-order chi connectivity index (χ0) is 28.1. The van der Waals surface area contributed by atoms with Gasteiger partial charge in [-0.25, -0.2) is 0 Å². The minimum absolute atomic E-state index is 0.0808. The Balaban J connectivity index is 1.79. The molecule has 3 aromatic rings. The van der Waals surface area contributed by atoms with E-state index in [9.17, 15) is 14.7 Å². The van der Waals surface area contributed by atoms with Crippen LogP contribution in [0.15, 0.2) is 72.3 Å². The lowest BCUT2D eigenvalue weighted by molar-refractivity contribution is -0.139. The van der Waals surface area contributed by atoms with Crippen LogP contribution in [0.4, 0.5) is 0 Å². The summed E-state index contributed by atoms with van der Waals surface area (Å²) >= 11 is 0. The molecule has 0 aromatic heterocycles. The minimum Gasteiger partial charge on any atom is -0.507 e. The van der Waals surface area contributed by atoms with E-state index in [0.29, 0.717) is 48.1 Å². The summed E-state index contributed by atoms with van der Waals surface area (Å²) in [5, 5.41) is 11.5. The highest BCUT2D eigenvalue weighted by molar-refractivity contribution is 6.46. The van der Waals surface area contributed by atoms with Gasteiger partial charge in [-0.3, -0.25) is 9.59 Å². The van der Waals surface area contributed by atoms with Crippen molar-refractivity contribution in [1.29, 1.82) is 0 Å². The summed E-state index contributed by atoms with van der Waals surface area (Å²) < 4.78 is 11.6. The Morgan fingerprint density at radius 1 is 0.974 bits per heavy atom. The Hall–Kier alpha value is -4.06. The van der Waals surface area contributed by atoms with Crippen molar-refractivity contribution in [2.24, 2.45) is 5.92 Å². The molecule has 204 valence electrons. The number of methoxy groups -OCH3 is 1. The average Bonchev–Trinajstić information content (AvgIpc) is 3.18. The van der Waals surface area contributed by atoms with Gasteiger partial charge in [0.05, 0.1) is 25.3 Å². The molecule has 1 aliphatic rings. The van der Waals surface area contributed by atoms with Gasteiger partial charge in [0.25, 0.3) is 11.7 Å². The second-order valence-electron chi connectivity index (χ2n) is 10.5. The van der Waals surface area contributed by atoms with E-state index in [-0.39, 0.29) is 11.3 Å². The third kappa shape index (κ3) is 6.17. The summed E-state index contributed by atoms with van der Waals surface area (Å²) in [7, 11) is 1.57. The van der Waals surface area contributed by atoms with E-state index in [1.165, 1.54) is 0 Å². The van der Waals surface area contributed by atoms with Crippen LogP contribution >= 0.6 is 0 Å². The van der Waals surface area contributed by atoms with E-state index < -0.39 is 17.7 Å². The lowest BCUT2D eigenvalue weighted by Crippen LogP contribution is -2.31. The number of hydrogen-bond donors (Lipinski definition) is 1. The average molecular weight is 528 g/mol. The van der Waals surface area contributed by atoms with Gasteiger partial charge in [-0.05, 0) is 67.5 Å². The molecule has 1 fully saturated rings. The predicted molar refractivity (Wildman–Crippen MR) is 153 cm³/mol. The number of aryl methyl sites for hydroxylation is 2. The topological polar surface area (TPSA) is 76.1 Å². The first-order valence-electron chi connectivity index (χ1n) is 13.4. The number of carbonyl (C=O) groups excluding carboxylic acids is 2. The number of aliphatic hydroxyl groups is 1.